The van der Waals surface area contributed by atoms with Gasteiger partial charge in [-0.15, -0.1) is 0 Å². The molecule has 2 aliphatic rings. The van der Waals surface area contributed by atoms with Gasteiger partial charge in [-0.3, -0.25) is 9.69 Å². The number of rotatable bonds is 8. The van der Waals surface area contributed by atoms with Gasteiger partial charge in [-0.2, -0.15) is 39.5 Å². The van der Waals surface area contributed by atoms with Gasteiger partial charge in [-0.05, 0) is 93.0 Å². The number of ether oxygens (including phenoxy) is 1. The van der Waals surface area contributed by atoms with Crippen LogP contribution in [0.25, 0.3) is 0 Å². The smallest absolute Gasteiger partial charge is 0.416 e. The fourth-order valence-electron chi connectivity index (χ4n) is 5.98. The second-order valence-electron chi connectivity index (χ2n) is 11.4. The van der Waals surface area contributed by atoms with Crippen molar-refractivity contribution in [2.45, 2.75) is 76.8 Å². The Balaban J connectivity index is 1.65. The van der Waals surface area contributed by atoms with Gasteiger partial charge < -0.3 is 14.7 Å². The Bertz CT molecular complexity index is 1370. The number of carbonyl (C=O) groups is 2. The maximum absolute atomic E-state index is 13.7. The monoisotopic (exact) mass is 654 g/mol. The molecule has 1 saturated heterocycles. The van der Waals surface area contributed by atoms with Crippen LogP contribution in [0.1, 0.15) is 73.5 Å². The van der Waals surface area contributed by atoms with Crippen molar-refractivity contribution >= 4 is 17.7 Å². The van der Waals surface area contributed by atoms with Crippen LogP contribution in [0.5, 0.6) is 0 Å². The van der Waals surface area contributed by atoms with Crippen LogP contribution in [0, 0.1) is 11.8 Å². The molecule has 4 rings (SSSR count). The zero-order valence-electron chi connectivity index (χ0n) is 24.2. The summed E-state index contributed by atoms with van der Waals surface area (Å²) in [5.74, 6) is -1.28. The second kappa shape index (κ2) is 12.6. The summed E-state index contributed by atoms with van der Waals surface area (Å²) in [6, 6.07) is 2.73. The van der Waals surface area contributed by atoms with E-state index in [2.05, 4.69) is 0 Å². The third kappa shape index (κ3) is 7.78. The topological polar surface area (TPSA) is 70.1 Å². The number of carbonyl (C=O) groups excluding carboxylic acids is 1. The van der Waals surface area contributed by atoms with Crippen molar-refractivity contribution in [3.8, 4) is 0 Å². The lowest BCUT2D eigenvalue weighted by Crippen LogP contribution is -2.35. The number of cyclic esters (lactones) is 1. The maximum atomic E-state index is 13.7. The molecule has 1 aliphatic heterocycles. The summed E-state index contributed by atoms with van der Waals surface area (Å²) in [5.41, 5.74) is -4.35. The van der Waals surface area contributed by atoms with Gasteiger partial charge in [-0.1, -0.05) is 0 Å². The molecule has 15 heteroatoms. The number of hydrogen-bond acceptors (Lipinski definition) is 4. The number of alkyl halides is 9. The van der Waals surface area contributed by atoms with Crippen molar-refractivity contribution in [3.63, 3.8) is 0 Å². The van der Waals surface area contributed by atoms with Crippen LogP contribution >= 0.6 is 0 Å². The molecule has 1 N–H and O–H groups in total. The predicted octanol–water partition coefficient (Wildman–Crippen LogP) is 8.54. The van der Waals surface area contributed by atoms with Crippen LogP contribution < -0.4 is 4.90 Å². The summed E-state index contributed by atoms with van der Waals surface area (Å²) in [6.45, 7) is 3.38. The lowest BCUT2D eigenvalue weighted by Gasteiger charge is -2.34. The highest BCUT2D eigenvalue weighted by atomic mass is 19.4. The third-order valence-corrected chi connectivity index (χ3v) is 8.48. The largest absolute Gasteiger partial charge is 0.481 e. The van der Waals surface area contributed by atoms with Crippen LogP contribution in [0.15, 0.2) is 36.4 Å². The van der Waals surface area contributed by atoms with Crippen molar-refractivity contribution in [1.29, 1.82) is 0 Å². The first-order valence-corrected chi connectivity index (χ1v) is 14.2. The molecule has 1 amide bonds. The Kier molecular flexibility index (Phi) is 9.60. The standard InChI is InChI=1S/C30H31F9N2O4/c1-3-40(14-17-4-6-18(7-5-17)26(42)43)24-9-8-21(28(31,32)33)12-20(24)15-41-16(2)25(45-27(41)44)19-10-22(29(34,35)36)13-23(11-19)30(37,38)39/h8-13,16-18,25H,3-7,14-15H2,1-2H3,(H,42,43)/t16-,17?,18?,25-/m0/s1. The highest BCUT2D eigenvalue weighted by molar-refractivity contribution is 5.72. The van der Waals surface area contributed by atoms with Crippen LogP contribution in [0.3, 0.4) is 0 Å². The molecule has 248 valence electrons. The summed E-state index contributed by atoms with van der Waals surface area (Å²) >= 11 is 0. The van der Waals surface area contributed by atoms with E-state index in [4.69, 9.17) is 4.74 Å². The maximum Gasteiger partial charge on any atom is 0.416 e. The van der Waals surface area contributed by atoms with Crippen LogP contribution in [-0.4, -0.2) is 41.2 Å². The van der Waals surface area contributed by atoms with E-state index in [1.807, 2.05) is 4.90 Å². The van der Waals surface area contributed by atoms with Gasteiger partial charge in [0.1, 0.15) is 6.10 Å². The molecule has 2 aromatic carbocycles. The average Bonchev–Trinajstić information content (AvgIpc) is 3.23. The van der Waals surface area contributed by atoms with Gasteiger partial charge in [0.25, 0.3) is 0 Å². The first-order chi connectivity index (χ1) is 20.8. The van der Waals surface area contributed by atoms with Crippen LogP contribution in [0.4, 0.5) is 50.0 Å². The molecule has 0 unspecified atom stereocenters. The Labute approximate surface area is 252 Å². The molecule has 0 spiro atoms. The first-order valence-electron chi connectivity index (χ1n) is 14.2. The Morgan fingerprint density at radius 2 is 1.44 bits per heavy atom. The predicted molar refractivity (Wildman–Crippen MR) is 143 cm³/mol. The van der Waals surface area contributed by atoms with Crippen molar-refractivity contribution < 1.29 is 58.9 Å². The number of aliphatic carboxylic acids is 1. The molecule has 1 saturated carbocycles. The van der Waals surface area contributed by atoms with Gasteiger partial charge in [0, 0.05) is 18.8 Å². The van der Waals surface area contributed by atoms with Crippen LogP contribution in [-0.2, 0) is 34.6 Å². The van der Waals surface area contributed by atoms with E-state index in [0.29, 0.717) is 56.6 Å². The van der Waals surface area contributed by atoms with E-state index < -0.39 is 77.5 Å². The van der Waals surface area contributed by atoms with Crippen LogP contribution in [0.2, 0.25) is 0 Å². The minimum absolute atomic E-state index is 0.0505. The summed E-state index contributed by atoms with van der Waals surface area (Å²) in [6.07, 6.45) is -15.6. The molecule has 2 fully saturated rings. The van der Waals surface area contributed by atoms with Gasteiger partial charge in [-0.25, -0.2) is 4.79 Å². The minimum Gasteiger partial charge on any atom is -0.481 e. The lowest BCUT2D eigenvalue weighted by atomic mass is 9.81. The molecule has 2 aromatic rings. The molecular weight excluding hydrogens is 623 g/mol. The molecule has 0 aromatic heterocycles. The quantitative estimate of drug-likeness (QED) is 0.289. The number of anilines is 1. The minimum atomic E-state index is -5.13. The number of nitrogens with zero attached hydrogens (tertiary/aromatic N) is 2. The molecule has 0 radical (unpaired) electrons. The first kappa shape index (κ1) is 34.2. The third-order valence-electron chi connectivity index (χ3n) is 8.48. The van der Waals surface area contributed by atoms with Crippen molar-refractivity contribution in [2.75, 3.05) is 18.0 Å². The van der Waals surface area contributed by atoms with E-state index in [9.17, 15) is 54.2 Å². The number of carboxylic acid groups (broad SMARTS) is 1. The van der Waals surface area contributed by atoms with Crippen molar-refractivity contribution in [3.05, 3.63) is 64.2 Å². The Morgan fingerprint density at radius 3 is 1.93 bits per heavy atom. The SMILES string of the molecule is CCN(CC1CCC(C(=O)O)CC1)c1ccc(C(F)(F)F)cc1CN1C(=O)O[C@H](c2cc(C(F)(F)F)cc(C(F)(F)F)c2)[C@@H]1C. The number of benzene rings is 2. The lowest BCUT2D eigenvalue weighted by molar-refractivity contribution is -0.144. The number of carboxylic acids is 1. The number of hydrogen-bond donors (Lipinski definition) is 1. The van der Waals surface area contributed by atoms with E-state index in [0.717, 1.165) is 17.0 Å². The highest BCUT2D eigenvalue weighted by Crippen LogP contribution is 2.42. The highest BCUT2D eigenvalue weighted by Gasteiger charge is 2.44. The van der Waals surface area contributed by atoms with E-state index in [1.165, 1.54) is 13.0 Å². The normalized spacial score (nSPS) is 22.8. The summed E-state index contributed by atoms with van der Waals surface area (Å²) in [7, 11) is 0. The second-order valence-corrected chi connectivity index (χ2v) is 11.4. The average molecular weight is 655 g/mol. The van der Waals surface area contributed by atoms with Gasteiger partial charge >= 0.3 is 30.6 Å². The van der Waals surface area contributed by atoms with E-state index in [-0.39, 0.29) is 17.5 Å². The number of amides is 1. The fourth-order valence-corrected chi connectivity index (χ4v) is 5.98. The summed E-state index contributed by atoms with van der Waals surface area (Å²) in [4.78, 5) is 27.1. The zero-order chi connectivity index (χ0) is 33.5. The summed E-state index contributed by atoms with van der Waals surface area (Å²) < 4.78 is 127. The zero-order valence-corrected chi connectivity index (χ0v) is 24.2. The molecule has 2 atom stereocenters. The van der Waals surface area contributed by atoms with Gasteiger partial charge in [0.15, 0.2) is 0 Å². The number of halogens is 9. The van der Waals surface area contributed by atoms with E-state index in [1.54, 1.807) is 6.92 Å². The molecule has 45 heavy (non-hydrogen) atoms. The molecular formula is C30H31F9N2O4. The molecule has 1 heterocycles. The fraction of sp³-hybridized carbons (Fsp3) is 0.533. The van der Waals surface area contributed by atoms with Crippen molar-refractivity contribution in [2.24, 2.45) is 11.8 Å². The van der Waals surface area contributed by atoms with E-state index >= 15 is 0 Å². The Morgan fingerprint density at radius 1 is 0.889 bits per heavy atom. The Hall–Kier alpha value is -3.65. The van der Waals surface area contributed by atoms with Gasteiger partial charge in [0.05, 0.1) is 35.2 Å². The molecule has 0 bridgehead atoms. The summed E-state index contributed by atoms with van der Waals surface area (Å²) in [5, 5.41) is 9.28. The van der Waals surface area contributed by atoms with Gasteiger partial charge in [0.2, 0.25) is 0 Å². The van der Waals surface area contributed by atoms with Crippen molar-refractivity contribution in [1.82, 2.24) is 4.90 Å². The molecule has 1 aliphatic carbocycles. The molecule has 6 nitrogen and oxygen atoms in total.